The molecule has 0 spiro atoms. The molecule has 0 aromatic rings. The van der Waals surface area contributed by atoms with Crippen molar-refractivity contribution in [3.8, 4) is 0 Å². The van der Waals surface area contributed by atoms with Crippen molar-refractivity contribution >= 4 is 5.97 Å². The second kappa shape index (κ2) is 4.40. The van der Waals surface area contributed by atoms with Gasteiger partial charge in [0, 0.05) is 5.41 Å². The summed E-state index contributed by atoms with van der Waals surface area (Å²) in [5.74, 6) is -0.484. The Morgan fingerprint density at radius 3 is 2.88 bits per heavy atom. The van der Waals surface area contributed by atoms with Crippen LogP contribution in [0, 0.1) is 17.3 Å². The van der Waals surface area contributed by atoms with Gasteiger partial charge < -0.3 is 10.8 Å². The fourth-order valence-electron chi connectivity index (χ4n) is 3.47. The highest BCUT2D eigenvalue weighted by Gasteiger charge is 2.59. The molecule has 1 fully saturated rings. The van der Waals surface area contributed by atoms with Crippen LogP contribution in [0.15, 0.2) is 11.6 Å². The molecule has 1 saturated carbocycles. The molecule has 0 aliphatic heterocycles. The molecular weight excluding hydrogens is 222 g/mol. The van der Waals surface area contributed by atoms with E-state index in [1.54, 1.807) is 0 Å². The molecular formula is C12H19NO4. The van der Waals surface area contributed by atoms with E-state index in [1.165, 1.54) is 0 Å². The number of fused-ring (bicyclic) bond motifs is 1. The largest absolute Gasteiger partial charge is 0.481 e. The van der Waals surface area contributed by atoms with Crippen molar-refractivity contribution in [1.82, 2.24) is 0 Å². The summed E-state index contributed by atoms with van der Waals surface area (Å²) in [7, 11) is 0. The lowest BCUT2D eigenvalue weighted by molar-refractivity contribution is -0.291. The van der Waals surface area contributed by atoms with Gasteiger partial charge in [-0.3, -0.25) is 10.1 Å². The Bertz CT molecular complexity index is 354. The number of carboxylic acid groups (broad SMARTS) is 1. The van der Waals surface area contributed by atoms with Gasteiger partial charge in [-0.25, -0.2) is 4.89 Å². The summed E-state index contributed by atoms with van der Waals surface area (Å²) in [4.78, 5) is 15.4. The number of allylic oxidation sites excluding steroid dienone is 1. The highest BCUT2D eigenvalue weighted by atomic mass is 17.1. The maximum absolute atomic E-state index is 10.9. The topological polar surface area (TPSA) is 92.8 Å². The molecule has 5 heteroatoms. The van der Waals surface area contributed by atoms with Gasteiger partial charge in [-0.2, -0.15) is 0 Å². The number of aliphatic carboxylic acids is 1. The molecule has 96 valence electrons. The van der Waals surface area contributed by atoms with Gasteiger partial charge in [0.1, 0.15) is 6.10 Å². The third kappa shape index (κ3) is 1.78. The van der Waals surface area contributed by atoms with Crippen molar-refractivity contribution in [3.05, 3.63) is 11.6 Å². The summed E-state index contributed by atoms with van der Waals surface area (Å²) >= 11 is 0. The number of carbonyl (C=O) groups is 1. The van der Waals surface area contributed by atoms with Gasteiger partial charge in [0.15, 0.2) is 0 Å². The molecule has 4 N–H and O–H groups in total. The van der Waals surface area contributed by atoms with Gasteiger partial charge >= 0.3 is 5.97 Å². The zero-order valence-electron chi connectivity index (χ0n) is 9.93. The van der Waals surface area contributed by atoms with Gasteiger partial charge in [-0.05, 0) is 36.8 Å². The van der Waals surface area contributed by atoms with Crippen LogP contribution in [0.1, 0.15) is 26.2 Å². The molecule has 2 aliphatic carbocycles. The van der Waals surface area contributed by atoms with Crippen molar-refractivity contribution < 1.29 is 20.0 Å². The summed E-state index contributed by atoms with van der Waals surface area (Å²) in [6.45, 7) is 2.37. The van der Waals surface area contributed by atoms with Crippen molar-refractivity contribution in [1.29, 1.82) is 0 Å². The van der Waals surface area contributed by atoms with E-state index in [4.69, 9.17) is 16.1 Å². The maximum Gasteiger partial charge on any atom is 0.303 e. The average Bonchev–Trinajstić information content (AvgIpc) is 2.59. The van der Waals surface area contributed by atoms with Gasteiger partial charge in [0.05, 0.1) is 6.42 Å². The van der Waals surface area contributed by atoms with Crippen LogP contribution in [0.25, 0.3) is 0 Å². The average molecular weight is 241 g/mol. The third-order valence-electron chi connectivity index (χ3n) is 4.39. The molecule has 2 rings (SSSR count). The van der Waals surface area contributed by atoms with Crippen LogP contribution in [0.4, 0.5) is 0 Å². The minimum atomic E-state index is -0.811. The molecule has 5 nitrogen and oxygen atoms in total. The van der Waals surface area contributed by atoms with E-state index in [2.05, 4.69) is 11.0 Å². The van der Waals surface area contributed by atoms with E-state index in [9.17, 15) is 4.79 Å². The summed E-state index contributed by atoms with van der Waals surface area (Å²) in [6.07, 6.45) is 3.41. The van der Waals surface area contributed by atoms with E-state index in [0.29, 0.717) is 13.0 Å². The molecule has 0 heterocycles. The lowest BCUT2D eigenvalue weighted by Crippen LogP contribution is -2.54. The standard InChI is InChI=1S/C12H19NO4/c1-2-7-3-9-8(11(7)17-16)4-12(9,6-13)5-10(14)15/h3,8-9,11,16H,2,4-6,13H2,1H3,(H,14,15)/t8-,9-,11?,12-/m1/s1. The first-order valence-electron chi connectivity index (χ1n) is 6.00. The molecule has 4 atom stereocenters. The summed E-state index contributed by atoms with van der Waals surface area (Å²) in [5, 5.41) is 17.9. The Hall–Kier alpha value is -0.910. The van der Waals surface area contributed by atoms with Crippen molar-refractivity contribution in [3.63, 3.8) is 0 Å². The van der Waals surface area contributed by atoms with Crippen molar-refractivity contribution in [2.75, 3.05) is 6.54 Å². The molecule has 2 aliphatic rings. The highest BCUT2D eigenvalue weighted by molar-refractivity contribution is 5.68. The molecule has 0 aromatic heterocycles. The zero-order valence-corrected chi connectivity index (χ0v) is 9.93. The van der Waals surface area contributed by atoms with E-state index in [-0.39, 0.29) is 29.8 Å². The van der Waals surface area contributed by atoms with Crippen LogP contribution in [0.3, 0.4) is 0 Å². The van der Waals surface area contributed by atoms with E-state index in [1.807, 2.05) is 6.92 Å². The molecule has 0 amide bonds. The van der Waals surface area contributed by atoms with E-state index < -0.39 is 5.97 Å². The number of carboxylic acids is 1. The van der Waals surface area contributed by atoms with Crippen LogP contribution in [-0.2, 0) is 9.68 Å². The Labute approximate surface area is 100 Å². The first-order chi connectivity index (χ1) is 8.07. The Morgan fingerprint density at radius 2 is 2.41 bits per heavy atom. The molecule has 0 aromatic carbocycles. The van der Waals surface area contributed by atoms with Crippen LogP contribution in [-0.4, -0.2) is 29.0 Å². The Morgan fingerprint density at radius 1 is 1.71 bits per heavy atom. The predicted octanol–water partition coefficient (Wildman–Crippen LogP) is 1.25. The van der Waals surface area contributed by atoms with Gasteiger partial charge in [0.25, 0.3) is 0 Å². The second-order valence-corrected chi connectivity index (χ2v) is 5.15. The summed E-state index contributed by atoms with van der Waals surface area (Å²) < 4.78 is 0. The van der Waals surface area contributed by atoms with Crippen LogP contribution in [0.5, 0.6) is 0 Å². The summed E-state index contributed by atoms with van der Waals surface area (Å²) in [5.41, 5.74) is 6.47. The normalized spacial score (nSPS) is 39.5. The molecule has 0 saturated heterocycles. The molecule has 0 bridgehead atoms. The van der Waals surface area contributed by atoms with Gasteiger partial charge in [-0.1, -0.05) is 13.0 Å². The Balaban J connectivity index is 2.18. The van der Waals surface area contributed by atoms with Crippen molar-refractivity contribution in [2.45, 2.75) is 32.3 Å². The number of rotatable bonds is 5. The number of hydrogen-bond acceptors (Lipinski definition) is 4. The number of hydrogen-bond donors (Lipinski definition) is 3. The lowest BCUT2D eigenvalue weighted by Gasteiger charge is -2.52. The van der Waals surface area contributed by atoms with Crippen LogP contribution < -0.4 is 5.73 Å². The predicted molar refractivity (Wildman–Crippen MR) is 61.2 cm³/mol. The van der Waals surface area contributed by atoms with Crippen molar-refractivity contribution in [2.24, 2.45) is 23.0 Å². The fourth-order valence-corrected chi connectivity index (χ4v) is 3.47. The molecule has 1 unspecified atom stereocenters. The molecule has 0 radical (unpaired) electrons. The smallest absolute Gasteiger partial charge is 0.303 e. The second-order valence-electron chi connectivity index (χ2n) is 5.15. The zero-order chi connectivity index (χ0) is 12.6. The van der Waals surface area contributed by atoms with E-state index in [0.717, 1.165) is 12.0 Å². The monoisotopic (exact) mass is 241 g/mol. The lowest BCUT2D eigenvalue weighted by atomic mass is 9.53. The van der Waals surface area contributed by atoms with Gasteiger partial charge in [0.2, 0.25) is 0 Å². The minimum absolute atomic E-state index is 0.0936. The SMILES string of the molecule is CCC1=C[C@@H]2[C@@H](C[C@]2(CN)CC(=O)O)C1OO. The van der Waals surface area contributed by atoms with Crippen LogP contribution in [0.2, 0.25) is 0 Å². The quantitative estimate of drug-likeness (QED) is 0.382. The first kappa shape index (κ1) is 12.5. The Kier molecular flexibility index (Phi) is 3.25. The molecule has 17 heavy (non-hydrogen) atoms. The highest BCUT2D eigenvalue weighted by Crippen LogP contribution is 2.60. The maximum atomic E-state index is 10.9. The fraction of sp³-hybridized carbons (Fsp3) is 0.750. The van der Waals surface area contributed by atoms with Crippen LogP contribution >= 0.6 is 0 Å². The third-order valence-corrected chi connectivity index (χ3v) is 4.39. The minimum Gasteiger partial charge on any atom is -0.481 e. The van der Waals surface area contributed by atoms with Gasteiger partial charge in [-0.15, -0.1) is 0 Å². The number of nitrogens with two attached hydrogens (primary N) is 1. The summed E-state index contributed by atoms with van der Waals surface area (Å²) in [6, 6.07) is 0. The van der Waals surface area contributed by atoms with E-state index >= 15 is 0 Å². The first-order valence-corrected chi connectivity index (χ1v) is 6.00.